The molecule has 0 saturated heterocycles. The van der Waals surface area contributed by atoms with Crippen molar-refractivity contribution in [2.75, 3.05) is 20.1 Å². The summed E-state index contributed by atoms with van der Waals surface area (Å²) in [6.45, 7) is 6.11. The van der Waals surface area contributed by atoms with Gasteiger partial charge in [-0.3, -0.25) is 9.59 Å². The third-order valence-electron chi connectivity index (χ3n) is 3.47. The molecule has 1 unspecified atom stereocenters. The van der Waals surface area contributed by atoms with Gasteiger partial charge in [-0.2, -0.15) is 0 Å². The van der Waals surface area contributed by atoms with Crippen molar-refractivity contribution in [2.45, 2.75) is 32.7 Å². The Kier molecular flexibility index (Phi) is 6.37. The molecule has 0 aliphatic heterocycles. The summed E-state index contributed by atoms with van der Waals surface area (Å²) in [6.07, 6.45) is 0. The average Bonchev–Trinajstić information content (AvgIpc) is 2.44. The molecule has 0 aliphatic carbocycles. The Hall–Kier alpha value is -1.88. The number of rotatable bonds is 6. The Morgan fingerprint density at radius 1 is 1.19 bits per heavy atom. The molecular formula is C16H25N3O2. The Morgan fingerprint density at radius 2 is 1.71 bits per heavy atom. The van der Waals surface area contributed by atoms with Crippen LogP contribution in [0.15, 0.2) is 24.3 Å². The molecule has 1 atom stereocenters. The summed E-state index contributed by atoms with van der Waals surface area (Å²) in [7, 11) is 1.59. The van der Waals surface area contributed by atoms with Gasteiger partial charge in [0.25, 0.3) is 0 Å². The lowest BCUT2D eigenvalue weighted by atomic mass is 9.99. The van der Waals surface area contributed by atoms with Crippen LogP contribution in [-0.2, 0) is 9.59 Å². The zero-order valence-corrected chi connectivity index (χ0v) is 13.2. The SMILES string of the molecule is CC(=O)N(C)CC(=O)NCC(N)c1ccc(C(C)C)cc1. The van der Waals surface area contributed by atoms with Gasteiger partial charge in [0.05, 0.1) is 6.54 Å². The van der Waals surface area contributed by atoms with Crippen LogP contribution in [-0.4, -0.2) is 36.9 Å². The van der Waals surface area contributed by atoms with Gasteiger partial charge in [-0.1, -0.05) is 38.1 Å². The number of nitrogens with two attached hydrogens (primary N) is 1. The number of carbonyl (C=O) groups excluding carboxylic acids is 2. The van der Waals surface area contributed by atoms with Crippen molar-refractivity contribution in [1.29, 1.82) is 0 Å². The van der Waals surface area contributed by atoms with E-state index in [-0.39, 0.29) is 24.4 Å². The lowest BCUT2D eigenvalue weighted by molar-refractivity contribution is -0.133. The second-order valence-corrected chi connectivity index (χ2v) is 5.61. The first-order valence-electron chi connectivity index (χ1n) is 7.15. The summed E-state index contributed by atoms with van der Waals surface area (Å²) >= 11 is 0. The number of hydrogen-bond acceptors (Lipinski definition) is 3. The molecule has 0 aliphatic rings. The molecular weight excluding hydrogens is 266 g/mol. The fourth-order valence-corrected chi connectivity index (χ4v) is 1.85. The first-order chi connectivity index (χ1) is 9.81. The van der Waals surface area contributed by atoms with Gasteiger partial charge < -0.3 is 16.0 Å². The smallest absolute Gasteiger partial charge is 0.239 e. The van der Waals surface area contributed by atoms with Gasteiger partial charge in [0, 0.05) is 26.6 Å². The van der Waals surface area contributed by atoms with Gasteiger partial charge in [0.1, 0.15) is 0 Å². The van der Waals surface area contributed by atoms with E-state index in [1.165, 1.54) is 17.4 Å². The van der Waals surface area contributed by atoms with Crippen LogP contribution in [0.5, 0.6) is 0 Å². The number of nitrogens with zero attached hydrogens (tertiary/aromatic N) is 1. The van der Waals surface area contributed by atoms with Crippen LogP contribution in [0.1, 0.15) is 43.9 Å². The highest BCUT2D eigenvalue weighted by Crippen LogP contribution is 2.17. The number of carbonyl (C=O) groups is 2. The van der Waals surface area contributed by atoms with Crippen LogP contribution in [0.4, 0.5) is 0 Å². The minimum atomic E-state index is -0.252. The maximum atomic E-state index is 11.7. The topological polar surface area (TPSA) is 75.4 Å². The molecule has 5 nitrogen and oxygen atoms in total. The quantitative estimate of drug-likeness (QED) is 0.832. The highest BCUT2D eigenvalue weighted by Gasteiger charge is 2.11. The summed E-state index contributed by atoms with van der Waals surface area (Å²) in [6, 6.07) is 7.86. The second kappa shape index (κ2) is 7.78. The van der Waals surface area contributed by atoms with Gasteiger partial charge in [-0.05, 0) is 17.0 Å². The van der Waals surface area contributed by atoms with Crippen LogP contribution < -0.4 is 11.1 Å². The van der Waals surface area contributed by atoms with Crippen molar-refractivity contribution >= 4 is 11.8 Å². The molecule has 21 heavy (non-hydrogen) atoms. The molecule has 116 valence electrons. The number of benzene rings is 1. The zero-order valence-electron chi connectivity index (χ0n) is 13.2. The Bertz CT molecular complexity index is 483. The van der Waals surface area contributed by atoms with E-state index in [2.05, 4.69) is 31.3 Å². The molecule has 0 radical (unpaired) electrons. The lowest BCUT2D eigenvalue weighted by Crippen LogP contribution is -2.40. The van der Waals surface area contributed by atoms with Gasteiger partial charge in [0.15, 0.2) is 0 Å². The second-order valence-electron chi connectivity index (χ2n) is 5.61. The third kappa shape index (κ3) is 5.55. The molecule has 0 bridgehead atoms. The number of likely N-dealkylation sites (N-methyl/N-ethyl adjacent to an activating group) is 1. The summed E-state index contributed by atoms with van der Waals surface area (Å²) < 4.78 is 0. The van der Waals surface area contributed by atoms with Crippen molar-refractivity contribution in [3.8, 4) is 0 Å². The fourth-order valence-electron chi connectivity index (χ4n) is 1.85. The summed E-state index contributed by atoms with van der Waals surface area (Å²) in [4.78, 5) is 24.1. The van der Waals surface area contributed by atoms with Crippen LogP contribution in [0.3, 0.4) is 0 Å². The molecule has 1 aromatic carbocycles. The maximum Gasteiger partial charge on any atom is 0.239 e. The maximum absolute atomic E-state index is 11.7. The fraction of sp³-hybridized carbons (Fsp3) is 0.500. The first kappa shape index (κ1) is 17.2. The summed E-state index contributed by atoms with van der Waals surface area (Å²) in [5.41, 5.74) is 8.31. The van der Waals surface area contributed by atoms with Crippen molar-refractivity contribution in [3.05, 3.63) is 35.4 Å². The average molecular weight is 291 g/mol. The van der Waals surface area contributed by atoms with E-state index in [4.69, 9.17) is 5.73 Å². The van der Waals surface area contributed by atoms with Crippen molar-refractivity contribution in [3.63, 3.8) is 0 Å². The highest BCUT2D eigenvalue weighted by molar-refractivity contribution is 5.83. The van der Waals surface area contributed by atoms with Gasteiger partial charge in [-0.15, -0.1) is 0 Å². The largest absolute Gasteiger partial charge is 0.353 e. The van der Waals surface area contributed by atoms with Crippen LogP contribution in [0, 0.1) is 0 Å². The standard InChI is InChI=1S/C16H25N3O2/c1-11(2)13-5-7-14(8-6-13)15(17)9-18-16(21)10-19(4)12(3)20/h5-8,11,15H,9-10,17H2,1-4H3,(H,18,21). The van der Waals surface area contributed by atoms with Crippen molar-refractivity contribution in [1.82, 2.24) is 10.2 Å². The Balaban J connectivity index is 2.48. The van der Waals surface area contributed by atoms with Crippen molar-refractivity contribution in [2.24, 2.45) is 5.73 Å². The van der Waals surface area contributed by atoms with E-state index in [0.29, 0.717) is 12.5 Å². The van der Waals surface area contributed by atoms with E-state index < -0.39 is 0 Å². The van der Waals surface area contributed by atoms with Crippen LogP contribution in [0.25, 0.3) is 0 Å². The van der Waals surface area contributed by atoms with E-state index in [0.717, 1.165) is 5.56 Å². The predicted molar refractivity (Wildman–Crippen MR) is 83.8 cm³/mol. The van der Waals surface area contributed by atoms with E-state index >= 15 is 0 Å². The van der Waals surface area contributed by atoms with Crippen LogP contribution in [0.2, 0.25) is 0 Å². The van der Waals surface area contributed by atoms with Gasteiger partial charge in [-0.25, -0.2) is 0 Å². The number of hydrogen-bond donors (Lipinski definition) is 2. The Labute approximate surface area is 126 Å². The van der Waals surface area contributed by atoms with Crippen LogP contribution >= 0.6 is 0 Å². The molecule has 0 spiro atoms. The molecule has 5 heteroatoms. The molecule has 0 saturated carbocycles. The lowest BCUT2D eigenvalue weighted by Gasteiger charge is -2.17. The zero-order chi connectivity index (χ0) is 16.0. The predicted octanol–water partition coefficient (Wildman–Crippen LogP) is 1.40. The van der Waals surface area contributed by atoms with E-state index in [1.807, 2.05) is 12.1 Å². The normalized spacial score (nSPS) is 12.1. The summed E-state index contributed by atoms with van der Waals surface area (Å²) in [5, 5.41) is 2.75. The Morgan fingerprint density at radius 3 is 2.19 bits per heavy atom. The molecule has 3 N–H and O–H groups in total. The molecule has 2 amide bonds. The minimum Gasteiger partial charge on any atom is -0.353 e. The first-order valence-corrected chi connectivity index (χ1v) is 7.15. The number of amides is 2. The number of nitrogens with one attached hydrogen (secondary N) is 1. The molecule has 0 fully saturated rings. The highest BCUT2D eigenvalue weighted by atomic mass is 16.2. The summed E-state index contributed by atoms with van der Waals surface area (Å²) in [5.74, 6) is 0.137. The monoisotopic (exact) mass is 291 g/mol. The minimum absolute atomic E-state index is 0.0499. The van der Waals surface area contributed by atoms with Gasteiger partial charge >= 0.3 is 0 Å². The molecule has 0 heterocycles. The molecule has 0 aromatic heterocycles. The van der Waals surface area contributed by atoms with Crippen molar-refractivity contribution < 1.29 is 9.59 Å². The third-order valence-corrected chi connectivity index (χ3v) is 3.47. The van der Waals surface area contributed by atoms with Gasteiger partial charge in [0.2, 0.25) is 11.8 Å². The van der Waals surface area contributed by atoms with E-state index in [1.54, 1.807) is 7.05 Å². The molecule has 1 aromatic rings. The van der Waals surface area contributed by atoms with E-state index in [9.17, 15) is 9.59 Å². The molecule has 1 rings (SSSR count).